The van der Waals surface area contributed by atoms with Gasteiger partial charge in [-0.25, -0.2) is 10.2 Å². The summed E-state index contributed by atoms with van der Waals surface area (Å²) in [6, 6.07) is -0.779. The molecule has 3 amide bonds. The van der Waals surface area contributed by atoms with Gasteiger partial charge in [0.25, 0.3) is 0 Å². The molecule has 0 saturated carbocycles. The molecule has 1 aliphatic heterocycles. The van der Waals surface area contributed by atoms with Crippen LogP contribution in [0.25, 0.3) is 0 Å². The molecular weight excluding hydrogens is 670 g/mol. The van der Waals surface area contributed by atoms with Crippen molar-refractivity contribution in [3.05, 3.63) is 97.7 Å². The number of hydrogen-bond donors (Lipinski definition) is 7. The van der Waals surface area contributed by atoms with Crippen molar-refractivity contribution < 1.29 is 49.0 Å². The maximum absolute atomic E-state index is 12.3. The van der Waals surface area contributed by atoms with Gasteiger partial charge in [-0.3, -0.25) is 15.0 Å². The molecule has 0 unspecified atom stereocenters. The number of carbonyl (C=O) groups excluding carboxylic acids is 3. The lowest BCUT2D eigenvalue weighted by molar-refractivity contribution is -0.246. The normalized spacial score (nSPS) is 21.3. The van der Waals surface area contributed by atoms with Crippen LogP contribution < -0.4 is 16.2 Å². The Bertz CT molecular complexity index is 1260. The summed E-state index contributed by atoms with van der Waals surface area (Å²) in [6.45, 7) is 8.71. The van der Waals surface area contributed by atoms with Gasteiger partial charge in [0.2, 0.25) is 5.91 Å². The molecule has 1 saturated heterocycles. The third kappa shape index (κ3) is 22.7. The largest absolute Gasteiger partial charge is 0.463 e. The molecule has 1 heterocycles. The first-order valence-electron chi connectivity index (χ1n) is 17.7. The van der Waals surface area contributed by atoms with E-state index in [0.717, 1.165) is 0 Å². The van der Waals surface area contributed by atoms with E-state index in [4.69, 9.17) is 19.3 Å². The second kappa shape index (κ2) is 28.5. The van der Waals surface area contributed by atoms with Crippen molar-refractivity contribution in [2.24, 2.45) is 5.92 Å². The Kier molecular flexibility index (Phi) is 25.1. The SMILES string of the molecule is C=C[C@@H](/C=C/C=C/C=C/C=C/C=C/C=C/C=C/[C@@H](CC[C@@H](CC)NC(=O)NNC(=O)CCCO)O[C@@H]1OC[C@@H](O)C[C@@H]1O)[C@@H](O)C[C@H](C)OC(C)=O. The molecule has 0 bridgehead atoms. The summed E-state index contributed by atoms with van der Waals surface area (Å²) < 4.78 is 16.6. The molecule has 13 nitrogen and oxygen atoms in total. The Morgan fingerprint density at radius 3 is 2.06 bits per heavy atom. The minimum atomic E-state index is -0.982. The number of hydrogen-bond acceptors (Lipinski definition) is 10. The number of ether oxygens (including phenoxy) is 3. The number of amides is 3. The standard InChI is InChI=1S/C39H59N3O10/c1-5-31(35(46)26-29(3)51-30(4)44)20-17-15-13-11-9-7-8-10-12-14-16-18-21-34(52-38-36(47)27-33(45)28-50-38)24-23-32(6-2)40-39(49)42-41-37(48)22-19-25-43/h5,7-18,20-21,29,31-36,38,43,45-47H,1,6,19,22-28H2,2-4H3,(H,41,48)(H2,40,42,49)/b8-7+,11-9+,12-10+,15-13+,16-14+,20-17+,21-18+/t29-,31-,32+,33-,34-,35-,36-,38-/m0/s1. The number of esters is 1. The molecule has 52 heavy (non-hydrogen) atoms. The second-order valence-electron chi connectivity index (χ2n) is 12.2. The van der Waals surface area contributed by atoms with E-state index >= 15 is 0 Å². The minimum absolute atomic E-state index is 0.0596. The quantitative estimate of drug-likeness (QED) is 0.0351. The van der Waals surface area contributed by atoms with Crippen molar-refractivity contribution in [2.45, 2.75) is 109 Å². The van der Waals surface area contributed by atoms with Crippen molar-refractivity contribution >= 4 is 17.9 Å². The zero-order valence-corrected chi connectivity index (χ0v) is 30.6. The van der Waals surface area contributed by atoms with Gasteiger partial charge >= 0.3 is 12.0 Å². The van der Waals surface area contributed by atoms with Crippen molar-refractivity contribution in [3.8, 4) is 0 Å². The smallest absolute Gasteiger partial charge is 0.333 e. The predicted octanol–water partition coefficient (Wildman–Crippen LogP) is 3.90. The van der Waals surface area contributed by atoms with Crippen LogP contribution in [0.2, 0.25) is 0 Å². The Morgan fingerprint density at radius 2 is 1.52 bits per heavy atom. The lowest BCUT2D eigenvalue weighted by atomic mass is 9.97. The summed E-state index contributed by atoms with van der Waals surface area (Å²) in [5, 5.41) is 42.1. The van der Waals surface area contributed by atoms with Crippen LogP contribution >= 0.6 is 0 Å². The molecule has 0 aromatic rings. The summed E-state index contributed by atoms with van der Waals surface area (Å²) in [4.78, 5) is 35.0. The van der Waals surface area contributed by atoms with E-state index in [2.05, 4.69) is 22.7 Å². The van der Waals surface area contributed by atoms with Crippen molar-refractivity contribution in [2.75, 3.05) is 13.2 Å². The summed E-state index contributed by atoms with van der Waals surface area (Å²) in [5.41, 5.74) is 4.61. The fourth-order valence-corrected chi connectivity index (χ4v) is 4.90. The van der Waals surface area contributed by atoms with Crippen LogP contribution in [0.15, 0.2) is 97.7 Å². The lowest BCUT2D eigenvalue weighted by Gasteiger charge is -2.33. The monoisotopic (exact) mass is 729 g/mol. The van der Waals surface area contributed by atoms with Crippen molar-refractivity contribution in [3.63, 3.8) is 0 Å². The van der Waals surface area contributed by atoms with E-state index in [9.17, 15) is 29.7 Å². The minimum Gasteiger partial charge on any atom is -0.463 e. The highest BCUT2D eigenvalue weighted by molar-refractivity contribution is 5.81. The highest BCUT2D eigenvalue weighted by Gasteiger charge is 2.31. The van der Waals surface area contributed by atoms with Gasteiger partial charge in [0, 0.05) is 44.8 Å². The van der Waals surface area contributed by atoms with E-state index in [1.165, 1.54) is 6.92 Å². The van der Waals surface area contributed by atoms with E-state index in [-0.39, 0.29) is 50.1 Å². The number of carbonyl (C=O) groups is 3. The first kappa shape index (κ1) is 45.9. The van der Waals surface area contributed by atoms with Gasteiger partial charge in [0.1, 0.15) is 12.2 Å². The van der Waals surface area contributed by atoms with Crippen LogP contribution in [0.5, 0.6) is 0 Å². The Morgan fingerprint density at radius 1 is 0.923 bits per heavy atom. The summed E-state index contributed by atoms with van der Waals surface area (Å²) in [7, 11) is 0. The fourth-order valence-electron chi connectivity index (χ4n) is 4.90. The number of hydrazine groups is 1. The molecule has 0 aromatic carbocycles. The van der Waals surface area contributed by atoms with Gasteiger partial charge < -0.3 is 40.0 Å². The number of aliphatic hydroxyl groups excluding tert-OH is 4. The first-order valence-corrected chi connectivity index (χ1v) is 17.7. The number of urea groups is 1. The van der Waals surface area contributed by atoms with E-state index in [1.807, 2.05) is 92.0 Å². The molecule has 1 rings (SSSR count). The van der Waals surface area contributed by atoms with E-state index < -0.39 is 42.6 Å². The number of nitrogens with one attached hydrogen (secondary N) is 3. The second-order valence-corrected chi connectivity index (χ2v) is 12.2. The summed E-state index contributed by atoms with van der Waals surface area (Å²) in [6.07, 6.45) is 25.9. The average Bonchev–Trinajstić information content (AvgIpc) is 3.10. The highest BCUT2D eigenvalue weighted by atomic mass is 16.7. The Labute approximate surface area is 308 Å². The van der Waals surface area contributed by atoms with Crippen molar-refractivity contribution in [1.29, 1.82) is 0 Å². The van der Waals surface area contributed by atoms with Crippen LogP contribution in [0, 0.1) is 5.92 Å². The molecule has 7 N–H and O–H groups in total. The lowest BCUT2D eigenvalue weighted by Crippen LogP contribution is -2.50. The predicted molar refractivity (Wildman–Crippen MR) is 200 cm³/mol. The molecule has 0 aromatic heterocycles. The van der Waals surface area contributed by atoms with Gasteiger partial charge in [-0.15, -0.1) is 6.58 Å². The fraction of sp³-hybridized carbons (Fsp3) is 0.513. The molecule has 0 spiro atoms. The maximum Gasteiger partial charge on any atom is 0.333 e. The van der Waals surface area contributed by atoms with Crippen LogP contribution in [-0.4, -0.2) is 94.4 Å². The molecule has 0 radical (unpaired) electrons. The summed E-state index contributed by atoms with van der Waals surface area (Å²) >= 11 is 0. The molecule has 8 atom stereocenters. The van der Waals surface area contributed by atoms with Gasteiger partial charge in [0.15, 0.2) is 6.29 Å². The van der Waals surface area contributed by atoms with E-state index in [0.29, 0.717) is 32.1 Å². The van der Waals surface area contributed by atoms with E-state index in [1.54, 1.807) is 13.0 Å². The number of allylic oxidation sites excluding steroid dienone is 12. The van der Waals surface area contributed by atoms with Crippen LogP contribution in [0.3, 0.4) is 0 Å². The topological polar surface area (TPSA) is 196 Å². The van der Waals surface area contributed by atoms with Gasteiger partial charge in [-0.1, -0.05) is 98.1 Å². The van der Waals surface area contributed by atoms with Crippen LogP contribution in [0.4, 0.5) is 4.79 Å². The zero-order valence-electron chi connectivity index (χ0n) is 30.6. The van der Waals surface area contributed by atoms with Gasteiger partial charge in [0.05, 0.1) is 24.9 Å². The Hall–Kier alpha value is -4.11. The third-order valence-corrected chi connectivity index (χ3v) is 7.63. The van der Waals surface area contributed by atoms with Crippen molar-refractivity contribution in [1.82, 2.24) is 16.2 Å². The first-order chi connectivity index (χ1) is 25.0. The van der Waals surface area contributed by atoms with Gasteiger partial charge in [-0.05, 0) is 32.6 Å². The molecule has 0 aliphatic carbocycles. The average molecular weight is 730 g/mol. The van der Waals surface area contributed by atoms with Crippen LogP contribution in [-0.2, 0) is 23.8 Å². The number of rotatable bonds is 23. The van der Waals surface area contributed by atoms with Crippen LogP contribution in [0.1, 0.15) is 65.7 Å². The Balaban J connectivity index is 2.63. The maximum atomic E-state index is 12.3. The van der Waals surface area contributed by atoms with Gasteiger partial charge in [-0.2, -0.15) is 0 Å². The molecule has 290 valence electrons. The third-order valence-electron chi connectivity index (χ3n) is 7.63. The highest BCUT2D eigenvalue weighted by Crippen LogP contribution is 2.20. The molecular formula is C39H59N3O10. The molecule has 1 aliphatic rings. The number of aliphatic hydroxyl groups is 4. The summed E-state index contributed by atoms with van der Waals surface area (Å²) in [5.74, 6) is -1.05. The zero-order chi connectivity index (χ0) is 38.6. The molecule has 1 fully saturated rings. The molecule has 13 heteroatoms.